The Kier molecular flexibility index (Phi) is 4.22. The molecule has 0 unspecified atom stereocenters. The highest BCUT2D eigenvalue weighted by molar-refractivity contribution is 5.86. The first-order valence-electron chi connectivity index (χ1n) is 9.85. The molecule has 7 nitrogen and oxygen atoms in total. The van der Waals surface area contributed by atoms with Crippen LogP contribution in [0.25, 0.3) is 10.9 Å². The lowest BCUT2D eigenvalue weighted by Gasteiger charge is -2.37. The largest absolute Gasteiger partial charge is 0.480 e. The first-order chi connectivity index (χ1) is 13.7. The minimum Gasteiger partial charge on any atom is -0.480 e. The van der Waals surface area contributed by atoms with E-state index in [9.17, 15) is 0 Å². The minimum absolute atomic E-state index is 0.578. The molecule has 2 aromatic heterocycles. The van der Waals surface area contributed by atoms with Gasteiger partial charge in [-0.3, -0.25) is 0 Å². The van der Waals surface area contributed by atoms with Gasteiger partial charge in [-0.15, -0.1) is 0 Å². The quantitative estimate of drug-likeness (QED) is 0.693. The third-order valence-electron chi connectivity index (χ3n) is 5.55. The fourth-order valence-corrected chi connectivity index (χ4v) is 3.83. The van der Waals surface area contributed by atoms with Crippen LogP contribution in [0, 0.1) is 6.92 Å². The molecule has 7 heteroatoms. The molecule has 0 spiro atoms. The van der Waals surface area contributed by atoms with Gasteiger partial charge in [0, 0.05) is 49.5 Å². The van der Waals surface area contributed by atoms with Crippen LogP contribution in [0.15, 0.2) is 30.6 Å². The van der Waals surface area contributed by atoms with E-state index in [-0.39, 0.29) is 0 Å². The fourth-order valence-electron chi connectivity index (χ4n) is 3.83. The molecular weight excluding hydrogens is 352 g/mol. The van der Waals surface area contributed by atoms with Gasteiger partial charge in [0.05, 0.1) is 18.0 Å². The highest BCUT2D eigenvalue weighted by Crippen LogP contribution is 2.38. The number of fused-ring (bicyclic) bond motifs is 1. The Morgan fingerprint density at radius 3 is 2.50 bits per heavy atom. The van der Waals surface area contributed by atoms with Crippen molar-refractivity contribution in [3.63, 3.8) is 0 Å². The number of nitrogens with zero attached hydrogens (tertiary/aromatic N) is 6. The lowest BCUT2D eigenvalue weighted by atomic mass is 10.2. The van der Waals surface area contributed by atoms with Crippen molar-refractivity contribution < 1.29 is 4.74 Å². The number of anilines is 2. The molecule has 0 atom stereocenters. The number of aromatic nitrogens is 4. The summed E-state index contributed by atoms with van der Waals surface area (Å²) in [5.74, 6) is 3.30. The zero-order valence-corrected chi connectivity index (χ0v) is 16.3. The SMILES string of the molecule is COc1ncnc2ccc(N3CCN(c4cc(C)nc(C5CC5)n4)CC3)cc12. The van der Waals surface area contributed by atoms with Gasteiger partial charge in [0.2, 0.25) is 5.88 Å². The van der Waals surface area contributed by atoms with Gasteiger partial charge in [0.15, 0.2) is 0 Å². The molecule has 1 aromatic carbocycles. The molecule has 0 N–H and O–H groups in total. The average molecular weight is 376 g/mol. The Morgan fingerprint density at radius 2 is 1.75 bits per heavy atom. The molecule has 28 heavy (non-hydrogen) atoms. The molecule has 1 aliphatic heterocycles. The maximum absolute atomic E-state index is 5.40. The molecule has 0 amide bonds. The summed E-state index contributed by atoms with van der Waals surface area (Å²) in [6.45, 7) is 5.85. The summed E-state index contributed by atoms with van der Waals surface area (Å²) in [4.78, 5) is 22.8. The van der Waals surface area contributed by atoms with Crippen molar-refractivity contribution in [1.29, 1.82) is 0 Å². The Hall–Kier alpha value is -2.96. The smallest absolute Gasteiger partial charge is 0.224 e. The number of piperazine rings is 1. The van der Waals surface area contributed by atoms with E-state index in [0.717, 1.165) is 54.4 Å². The number of aryl methyl sites for hydroxylation is 1. The monoisotopic (exact) mass is 376 g/mol. The van der Waals surface area contributed by atoms with Crippen LogP contribution in [-0.4, -0.2) is 53.2 Å². The van der Waals surface area contributed by atoms with E-state index in [1.165, 1.54) is 18.5 Å². The van der Waals surface area contributed by atoms with Gasteiger partial charge in [-0.1, -0.05) is 0 Å². The zero-order chi connectivity index (χ0) is 19.1. The van der Waals surface area contributed by atoms with Gasteiger partial charge < -0.3 is 14.5 Å². The van der Waals surface area contributed by atoms with Crippen LogP contribution in [0.2, 0.25) is 0 Å². The molecule has 5 rings (SSSR count). The third-order valence-corrected chi connectivity index (χ3v) is 5.55. The van der Waals surface area contributed by atoms with E-state index in [4.69, 9.17) is 9.72 Å². The molecule has 2 fully saturated rings. The zero-order valence-electron chi connectivity index (χ0n) is 16.3. The van der Waals surface area contributed by atoms with Crippen LogP contribution in [0.5, 0.6) is 5.88 Å². The predicted octanol–water partition coefficient (Wildman–Crippen LogP) is 2.94. The topological polar surface area (TPSA) is 67.3 Å². The maximum Gasteiger partial charge on any atom is 0.224 e. The second kappa shape index (κ2) is 6.89. The number of hydrogen-bond donors (Lipinski definition) is 0. The molecule has 3 heterocycles. The summed E-state index contributed by atoms with van der Waals surface area (Å²) in [7, 11) is 1.65. The summed E-state index contributed by atoms with van der Waals surface area (Å²) in [6.07, 6.45) is 4.00. The van der Waals surface area contributed by atoms with Crippen molar-refractivity contribution in [2.75, 3.05) is 43.1 Å². The van der Waals surface area contributed by atoms with Crippen molar-refractivity contribution in [3.8, 4) is 5.88 Å². The first-order valence-corrected chi connectivity index (χ1v) is 9.85. The Labute approximate surface area is 164 Å². The van der Waals surface area contributed by atoms with E-state index in [1.807, 2.05) is 6.07 Å². The second-order valence-corrected chi connectivity index (χ2v) is 7.56. The van der Waals surface area contributed by atoms with Gasteiger partial charge in [0.25, 0.3) is 0 Å². The van der Waals surface area contributed by atoms with Crippen LogP contribution < -0.4 is 14.5 Å². The number of ether oxygens (including phenoxy) is 1. The minimum atomic E-state index is 0.578. The molecule has 0 radical (unpaired) electrons. The Balaban J connectivity index is 1.34. The van der Waals surface area contributed by atoms with Crippen LogP contribution in [0.1, 0.15) is 30.3 Å². The van der Waals surface area contributed by atoms with Crippen molar-refractivity contribution in [3.05, 3.63) is 42.1 Å². The van der Waals surface area contributed by atoms with E-state index < -0.39 is 0 Å². The molecule has 3 aromatic rings. The standard InChI is InChI=1S/C21H24N6O/c1-14-11-19(25-20(24-14)15-3-4-15)27-9-7-26(8-10-27)16-5-6-18-17(12-16)21(28-2)23-13-22-18/h5-6,11-13,15H,3-4,7-10H2,1-2H3. The molecule has 144 valence electrons. The van der Waals surface area contributed by atoms with Crippen molar-refractivity contribution in [2.45, 2.75) is 25.7 Å². The highest BCUT2D eigenvalue weighted by atomic mass is 16.5. The van der Waals surface area contributed by atoms with E-state index in [1.54, 1.807) is 13.4 Å². The highest BCUT2D eigenvalue weighted by Gasteiger charge is 2.28. The fraction of sp³-hybridized carbons (Fsp3) is 0.429. The van der Waals surface area contributed by atoms with Crippen LogP contribution in [0.4, 0.5) is 11.5 Å². The van der Waals surface area contributed by atoms with Gasteiger partial charge in [0.1, 0.15) is 18.0 Å². The maximum atomic E-state index is 5.40. The number of benzene rings is 1. The van der Waals surface area contributed by atoms with Crippen molar-refractivity contribution in [1.82, 2.24) is 19.9 Å². The molecule has 1 saturated heterocycles. The summed E-state index contributed by atoms with van der Waals surface area (Å²) in [5, 5.41) is 0.949. The third kappa shape index (κ3) is 3.21. The van der Waals surface area contributed by atoms with E-state index in [2.05, 4.69) is 49.9 Å². The molecule has 1 saturated carbocycles. The second-order valence-electron chi connectivity index (χ2n) is 7.56. The normalized spacial score (nSPS) is 17.2. The van der Waals surface area contributed by atoms with E-state index >= 15 is 0 Å². The lowest BCUT2D eigenvalue weighted by molar-refractivity contribution is 0.402. The van der Waals surface area contributed by atoms with Crippen LogP contribution in [-0.2, 0) is 0 Å². The molecule has 0 bridgehead atoms. The molecular formula is C21H24N6O. The van der Waals surface area contributed by atoms with Gasteiger partial charge in [-0.25, -0.2) is 19.9 Å². The predicted molar refractivity (Wildman–Crippen MR) is 109 cm³/mol. The first kappa shape index (κ1) is 17.2. The van der Waals surface area contributed by atoms with Crippen LogP contribution in [0.3, 0.4) is 0 Å². The summed E-state index contributed by atoms with van der Waals surface area (Å²) >= 11 is 0. The number of hydrogen-bond acceptors (Lipinski definition) is 7. The summed E-state index contributed by atoms with van der Waals surface area (Å²) in [6, 6.07) is 8.41. The number of methoxy groups -OCH3 is 1. The molecule has 2 aliphatic rings. The van der Waals surface area contributed by atoms with Gasteiger partial charge in [-0.2, -0.15) is 0 Å². The molecule has 1 aliphatic carbocycles. The van der Waals surface area contributed by atoms with Crippen molar-refractivity contribution >= 4 is 22.4 Å². The van der Waals surface area contributed by atoms with Crippen LogP contribution >= 0.6 is 0 Å². The Bertz CT molecular complexity index is 1010. The van der Waals surface area contributed by atoms with E-state index in [0.29, 0.717) is 11.8 Å². The Morgan fingerprint density at radius 1 is 0.964 bits per heavy atom. The lowest BCUT2D eigenvalue weighted by Crippen LogP contribution is -2.47. The summed E-state index contributed by atoms with van der Waals surface area (Å²) < 4.78 is 5.40. The van der Waals surface area contributed by atoms with Gasteiger partial charge in [-0.05, 0) is 38.0 Å². The van der Waals surface area contributed by atoms with Crippen molar-refractivity contribution in [2.24, 2.45) is 0 Å². The van der Waals surface area contributed by atoms with Gasteiger partial charge >= 0.3 is 0 Å². The average Bonchev–Trinajstić information content (AvgIpc) is 3.58. The number of rotatable bonds is 4. The summed E-state index contributed by atoms with van der Waals surface area (Å²) in [5.41, 5.74) is 3.15.